The first kappa shape index (κ1) is 19.8. The van der Waals surface area contributed by atoms with Crippen molar-refractivity contribution < 1.29 is 9.53 Å². The fourth-order valence-corrected chi connectivity index (χ4v) is 4.41. The molecule has 0 N–H and O–H groups in total. The fourth-order valence-electron chi connectivity index (χ4n) is 4.41. The zero-order chi connectivity index (χ0) is 20.2. The molecule has 0 unspecified atom stereocenters. The zero-order valence-corrected chi connectivity index (χ0v) is 17.6. The SMILES string of the molecule is COc1ccccc1N1CCN(Cc2ccc(CN3CCCCC3=O)n2C)CC1. The minimum Gasteiger partial charge on any atom is -0.495 e. The van der Waals surface area contributed by atoms with Crippen molar-refractivity contribution in [1.29, 1.82) is 0 Å². The maximum Gasteiger partial charge on any atom is 0.222 e. The normalized spacial score (nSPS) is 18.3. The van der Waals surface area contributed by atoms with Crippen molar-refractivity contribution in [2.75, 3.05) is 44.7 Å². The van der Waals surface area contributed by atoms with Crippen molar-refractivity contribution in [3.05, 3.63) is 47.8 Å². The van der Waals surface area contributed by atoms with Gasteiger partial charge in [-0.25, -0.2) is 0 Å². The lowest BCUT2D eigenvalue weighted by molar-refractivity contribution is -0.133. The van der Waals surface area contributed by atoms with Crippen molar-refractivity contribution in [3.8, 4) is 5.75 Å². The summed E-state index contributed by atoms with van der Waals surface area (Å²) < 4.78 is 7.80. The van der Waals surface area contributed by atoms with Crippen LogP contribution < -0.4 is 9.64 Å². The van der Waals surface area contributed by atoms with E-state index < -0.39 is 0 Å². The maximum absolute atomic E-state index is 12.1. The summed E-state index contributed by atoms with van der Waals surface area (Å²) >= 11 is 0. The van der Waals surface area contributed by atoms with Gasteiger partial charge >= 0.3 is 0 Å². The largest absolute Gasteiger partial charge is 0.495 e. The standard InChI is InChI=1S/C23H32N4O2/c1-24-19(10-11-20(24)18-27-12-6-5-9-23(27)28)17-25-13-15-26(16-14-25)21-7-3-4-8-22(21)29-2/h3-4,7-8,10-11H,5-6,9,12-18H2,1-2H3. The number of piperidine rings is 1. The van der Waals surface area contributed by atoms with Gasteiger partial charge < -0.3 is 19.1 Å². The molecule has 0 atom stereocenters. The van der Waals surface area contributed by atoms with E-state index >= 15 is 0 Å². The van der Waals surface area contributed by atoms with Gasteiger partial charge in [0.15, 0.2) is 0 Å². The van der Waals surface area contributed by atoms with Crippen molar-refractivity contribution in [1.82, 2.24) is 14.4 Å². The van der Waals surface area contributed by atoms with Gasteiger partial charge in [0.25, 0.3) is 0 Å². The molecule has 0 spiro atoms. The summed E-state index contributed by atoms with van der Waals surface area (Å²) in [5.74, 6) is 1.24. The number of aromatic nitrogens is 1. The number of benzene rings is 1. The predicted molar refractivity (Wildman–Crippen MR) is 115 cm³/mol. The van der Waals surface area contributed by atoms with E-state index in [9.17, 15) is 4.79 Å². The van der Waals surface area contributed by atoms with Crippen LogP contribution in [0.2, 0.25) is 0 Å². The molecule has 2 aromatic rings. The van der Waals surface area contributed by atoms with E-state index in [0.29, 0.717) is 12.3 Å². The quantitative estimate of drug-likeness (QED) is 0.753. The second-order valence-corrected chi connectivity index (χ2v) is 8.08. The lowest BCUT2D eigenvalue weighted by Crippen LogP contribution is -2.46. The van der Waals surface area contributed by atoms with Gasteiger partial charge in [-0.3, -0.25) is 9.69 Å². The molecule has 0 bridgehead atoms. The van der Waals surface area contributed by atoms with Gasteiger partial charge in [-0.15, -0.1) is 0 Å². The van der Waals surface area contributed by atoms with Gasteiger partial charge in [0.05, 0.1) is 19.3 Å². The number of carbonyl (C=O) groups is 1. The molecule has 2 aliphatic rings. The van der Waals surface area contributed by atoms with Crippen molar-refractivity contribution in [3.63, 3.8) is 0 Å². The van der Waals surface area contributed by atoms with E-state index in [4.69, 9.17) is 4.74 Å². The van der Waals surface area contributed by atoms with Crippen LogP contribution in [-0.2, 0) is 24.9 Å². The second kappa shape index (κ2) is 8.91. The summed E-state index contributed by atoms with van der Waals surface area (Å²) in [5.41, 5.74) is 3.72. The number of anilines is 1. The number of hydrogen-bond donors (Lipinski definition) is 0. The van der Waals surface area contributed by atoms with Gasteiger partial charge in [-0.1, -0.05) is 12.1 Å². The van der Waals surface area contributed by atoms with E-state index in [1.807, 2.05) is 17.0 Å². The van der Waals surface area contributed by atoms with E-state index in [0.717, 1.165) is 64.4 Å². The predicted octanol–water partition coefficient (Wildman–Crippen LogP) is 2.87. The Morgan fingerprint density at radius 1 is 0.897 bits per heavy atom. The van der Waals surface area contributed by atoms with Crippen LogP contribution in [-0.4, -0.2) is 60.1 Å². The van der Waals surface area contributed by atoms with E-state index in [1.165, 1.54) is 17.1 Å². The highest BCUT2D eigenvalue weighted by molar-refractivity contribution is 5.76. The van der Waals surface area contributed by atoms with Gasteiger partial charge in [0.1, 0.15) is 5.75 Å². The molecule has 29 heavy (non-hydrogen) atoms. The van der Waals surface area contributed by atoms with Crippen LogP contribution in [0.5, 0.6) is 5.75 Å². The number of carbonyl (C=O) groups excluding carboxylic acids is 1. The summed E-state index contributed by atoms with van der Waals surface area (Å²) in [6, 6.07) is 12.7. The summed E-state index contributed by atoms with van der Waals surface area (Å²) in [6.07, 6.45) is 2.86. The Morgan fingerprint density at radius 2 is 1.62 bits per heavy atom. The van der Waals surface area contributed by atoms with Crippen LogP contribution in [0.1, 0.15) is 30.7 Å². The first-order chi connectivity index (χ1) is 14.2. The Kier molecular flexibility index (Phi) is 6.09. The first-order valence-electron chi connectivity index (χ1n) is 10.7. The topological polar surface area (TPSA) is 41.0 Å². The first-order valence-corrected chi connectivity index (χ1v) is 10.7. The highest BCUT2D eigenvalue weighted by Crippen LogP contribution is 2.28. The second-order valence-electron chi connectivity index (χ2n) is 8.08. The smallest absolute Gasteiger partial charge is 0.222 e. The number of rotatable bonds is 6. The van der Waals surface area contributed by atoms with Crippen LogP contribution in [0.25, 0.3) is 0 Å². The van der Waals surface area contributed by atoms with Gasteiger partial charge in [-0.2, -0.15) is 0 Å². The Balaban J connectivity index is 1.34. The van der Waals surface area contributed by atoms with Crippen LogP contribution in [0.15, 0.2) is 36.4 Å². The summed E-state index contributed by atoms with van der Waals surface area (Å²) in [4.78, 5) is 19.1. The molecule has 2 fully saturated rings. The molecule has 6 heteroatoms. The van der Waals surface area contributed by atoms with Crippen molar-refractivity contribution >= 4 is 11.6 Å². The number of para-hydroxylation sites is 2. The lowest BCUT2D eigenvalue weighted by atomic mass is 10.1. The molecule has 1 aromatic heterocycles. The third-order valence-corrected chi connectivity index (χ3v) is 6.29. The molecule has 0 aliphatic carbocycles. The molecular formula is C23H32N4O2. The molecule has 0 saturated carbocycles. The third kappa shape index (κ3) is 4.42. The van der Waals surface area contributed by atoms with Gasteiger partial charge in [-0.05, 0) is 37.1 Å². The summed E-state index contributed by atoms with van der Waals surface area (Å²) in [5, 5.41) is 0. The third-order valence-electron chi connectivity index (χ3n) is 6.29. The number of methoxy groups -OCH3 is 1. The van der Waals surface area contributed by atoms with Gasteiger partial charge in [0.2, 0.25) is 5.91 Å². The van der Waals surface area contributed by atoms with Crippen LogP contribution in [0.4, 0.5) is 5.69 Å². The molecule has 1 aromatic carbocycles. The number of ether oxygens (including phenoxy) is 1. The Bertz CT molecular complexity index is 839. The van der Waals surface area contributed by atoms with E-state index in [-0.39, 0.29) is 0 Å². The van der Waals surface area contributed by atoms with Crippen LogP contribution in [0, 0.1) is 0 Å². The molecule has 1 amide bonds. The fraction of sp³-hybridized carbons (Fsp3) is 0.522. The molecule has 2 aliphatic heterocycles. The highest BCUT2D eigenvalue weighted by Gasteiger charge is 2.22. The molecule has 6 nitrogen and oxygen atoms in total. The summed E-state index contributed by atoms with van der Waals surface area (Å²) in [7, 11) is 3.86. The number of amides is 1. The van der Waals surface area contributed by atoms with E-state index in [1.54, 1.807) is 7.11 Å². The van der Waals surface area contributed by atoms with Crippen molar-refractivity contribution in [2.45, 2.75) is 32.4 Å². The molecule has 156 valence electrons. The lowest BCUT2D eigenvalue weighted by Gasteiger charge is -2.36. The Hall–Kier alpha value is -2.47. The Labute approximate surface area is 173 Å². The van der Waals surface area contributed by atoms with Crippen LogP contribution in [0.3, 0.4) is 0 Å². The summed E-state index contributed by atoms with van der Waals surface area (Å²) in [6.45, 7) is 6.64. The average Bonchev–Trinajstić information content (AvgIpc) is 3.09. The number of likely N-dealkylation sites (tertiary alicyclic amines) is 1. The minimum absolute atomic E-state index is 0.298. The molecule has 4 rings (SSSR count). The zero-order valence-electron chi connectivity index (χ0n) is 17.6. The average molecular weight is 397 g/mol. The molecule has 3 heterocycles. The van der Waals surface area contributed by atoms with Gasteiger partial charge in [0, 0.05) is 64.1 Å². The monoisotopic (exact) mass is 396 g/mol. The Morgan fingerprint density at radius 3 is 2.34 bits per heavy atom. The molecular weight excluding hydrogens is 364 g/mol. The van der Waals surface area contributed by atoms with Crippen molar-refractivity contribution in [2.24, 2.45) is 7.05 Å². The number of hydrogen-bond acceptors (Lipinski definition) is 4. The number of piperazine rings is 1. The van der Waals surface area contributed by atoms with E-state index in [2.05, 4.69) is 45.7 Å². The maximum atomic E-state index is 12.1. The highest BCUT2D eigenvalue weighted by atomic mass is 16.5. The van der Waals surface area contributed by atoms with Crippen LogP contribution >= 0.6 is 0 Å². The molecule has 0 radical (unpaired) electrons. The number of nitrogens with zero attached hydrogens (tertiary/aromatic N) is 4. The molecule has 2 saturated heterocycles. The minimum atomic E-state index is 0.298.